The van der Waals surface area contributed by atoms with Gasteiger partial charge in [-0.15, -0.1) is 0 Å². The minimum absolute atomic E-state index is 0.0217. The summed E-state index contributed by atoms with van der Waals surface area (Å²) in [4.78, 5) is 11.6. The van der Waals surface area contributed by atoms with Crippen LogP contribution >= 0.6 is 0 Å². The van der Waals surface area contributed by atoms with Crippen LogP contribution in [-0.2, 0) is 20.9 Å². The van der Waals surface area contributed by atoms with Gasteiger partial charge in [0.05, 0.1) is 19.5 Å². The molecular weight excluding hydrogens is 204 g/mol. The van der Waals surface area contributed by atoms with Gasteiger partial charge in [0.25, 0.3) is 0 Å². The fourth-order valence-corrected chi connectivity index (χ4v) is 1.52. The van der Waals surface area contributed by atoms with Gasteiger partial charge in [-0.1, -0.05) is 30.3 Å². The predicted octanol–water partition coefficient (Wildman–Crippen LogP) is 2.08. The lowest BCUT2D eigenvalue weighted by Crippen LogP contribution is -2.10. The molecule has 3 heteroatoms. The lowest BCUT2D eigenvalue weighted by molar-refractivity contribution is -0.120. The molecule has 1 aromatic rings. The maximum atomic E-state index is 11.6. The molecule has 0 saturated carbocycles. The summed E-state index contributed by atoms with van der Waals surface area (Å²) in [5, 5.41) is 0. The summed E-state index contributed by atoms with van der Waals surface area (Å²) >= 11 is 0. The number of carbonyl (C=O) groups excluding carboxylic acids is 1. The van der Waals surface area contributed by atoms with E-state index in [0.29, 0.717) is 19.6 Å². The molecule has 0 N–H and O–H groups in total. The number of carbonyl (C=O) groups is 1. The van der Waals surface area contributed by atoms with E-state index in [1.165, 1.54) is 6.26 Å². The van der Waals surface area contributed by atoms with Gasteiger partial charge in [0, 0.05) is 12.0 Å². The van der Waals surface area contributed by atoms with E-state index in [1.54, 1.807) is 0 Å². The van der Waals surface area contributed by atoms with Gasteiger partial charge in [-0.25, -0.2) is 0 Å². The van der Waals surface area contributed by atoms with E-state index in [0.717, 1.165) is 11.1 Å². The first kappa shape index (κ1) is 10.9. The highest BCUT2D eigenvalue weighted by Gasteiger charge is 2.14. The Morgan fingerprint density at radius 3 is 2.81 bits per heavy atom. The van der Waals surface area contributed by atoms with Crippen molar-refractivity contribution in [2.45, 2.75) is 13.0 Å². The molecule has 0 radical (unpaired) electrons. The number of ether oxygens (including phenoxy) is 2. The molecular formula is C13H14O3. The van der Waals surface area contributed by atoms with Crippen LogP contribution in [0.1, 0.15) is 12.0 Å². The molecule has 0 bridgehead atoms. The van der Waals surface area contributed by atoms with Crippen molar-refractivity contribution in [1.29, 1.82) is 0 Å². The van der Waals surface area contributed by atoms with Gasteiger partial charge in [-0.3, -0.25) is 4.79 Å². The third-order valence-corrected chi connectivity index (χ3v) is 2.42. The summed E-state index contributed by atoms with van der Waals surface area (Å²) in [5.41, 5.74) is 1.81. The molecule has 0 saturated heterocycles. The molecule has 1 aliphatic heterocycles. The van der Waals surface area contributed by atoms with E-state index in [4.69, 9.17) is 9.47 Å². The average molecular weight is 218 g/mol. The Balaban J connectivity index is 1.74. The molecule has 0 aromatic heterocycles. The van der Waals surface area contributed by atoms with Crippen LogP contribution in [0, 0.1) is 0 Å². The highest BCUT2D eigenvalue weighted by Crippen LogP contribution is 2.11. The molecule has 0 spiro atoms. The summed E-state index contributed by atoms with van der Waals surface area (Å²) in [5.74, 6) is 0.0217. The number of hydrogen-bond acceptors (Lipinski definition) is 3. The number of ketones is 1. The van der Waals surface area contributed by atoms with Gasteiger partial charge in [-0.2, -0.15) is 0 Å². The van der Waals surface area contributed by atoms with E-state index >= 15 is 0 Å². The van der Waals surface area contributed by atoms with Crippen molar-refractivity contribution in [1.82, 2.24) is 0 Å². The highest BCUT2D eigenvalue weighted by molar-refractivity contribution is 5.96. The molecule has 3 nitrogen and oxygen atoms in total. The predicted molar refractivity (Wildman–Crippen MR) is 59.8 cm³/mol. The van der Waals surface area contributed by atoms with E-state index in [1.807, 2.05) is 30.3 Å². The first-order chi connectivity index (χ1) is 7.86. The zero-order chi connectivity index (χ0) is 11.2. The third-order valence-electron chi connectivity index (χ3n) is 2.42. The molecule has 0 fully saturated rings. The zero-order valence-electron chi connectivity index (χ0n) is 9.02. The van der Waals surface area contributed by atoms with Crippen molar-refractivity contribution in [3.8, 4) is 0 Å². The van der Waals surface area contributed by atoms with Crippen LogP contribution in [0.3, 0.4) is 0 Å². The normalized spacial score (nSPS) is 14.4. The van der Waals surface area contributed by atoms with Crippen LogP contribution in [0.2, 0.25) is 0 Å². The van der Waals surface area contributed by atoms with Crippen molar-refractivity contribution in [3.05, 3.63) is 47.7 Å². The van der Waals surface area contributed by atoms with E-state index in [2.05, 4.69) is 0 Å². The van der Waals surface area contributed by atoms with Crippen LogP contribution < -0.4 is 0 Å². The van der Waals surface area contributed by atoms with Crippen LogP contribution in [0.15, 0.2) is 42.2 Å². The maximum Gasteiger partial charge on any atom is 0.187 e. The minimum atomic E-state index is 0.0217. The summed E-state index contributed by atoms with van der Waals surface area (Å²) in [6.07, 6.45) is 2.24. The maximum absolute atomic E-state index is 11.6. The summed E-state index contributed by atoms with van der Waals surface area (Å²) in [7, 11) is 0. The van der Waals surface area contributed by atoms with Gasteiger partial charge < -0.3 is 9.47 Å². The average Bonchev–Trinajstić information content (AvgIpc) is 2.84. The van der Waals surface area contributed by atoms with Gasteiger partial charge in [0.1, 0.15) is 6.61 Å². The number of rotatable bonds is 5. The Kier molecular flexibility index (Phi) is 3.72. The van der Waals surface area contributed by atoms with E-state index in [9.17, 15) is 4.79 Å². The van der Waals surface area contributed by atoms with Crippen molar-refractivity contribution in [2.24, 2.45) is 0 Å². The van der Waals surface area contributed by atoms with Crippen molar-refractivity contribution in [3.63, 3.8) is 0 Å². The van der Waals surface area contributed by atoms with E-state index < -0.39 is 0 Å². The number of Topliss-reactive ketones (excluding diaryl/α,β-unsaturated/α-hetero) is 1. The molecule has 16 heavy (non-hydrogen) atoms. The molecule has 0 aliphatic carbocycles. The summed E-state index contributed by atoms with van der Waals surface area (Å²) in [6.45, 7) is 1.21. The second kappa shape index (κ2) is 5.47. The number of benzene rings is 1. The molecule has 1 aromatic carbocycles. The fraction of sp³-hybridized carbons (Fsp3) is 0.308. The summed E-state index contributed by atoms with van der Waals surface area (Å²) < 4.78 is 10.4. The van der Waals surface area contributed by atoms with Gasteiger partial charge in [0.15, 0.2) is 5.78 Å². The molecule has 1 heterocycles. The van der Waals surface area contributed by atoms with Crippen molar-refractivity contribution in [2.75, 3.05) is 13.2 Å². The lowest BCUT2D eigenvalue weighted by Gasteiger charge is -2.03. The number of hydrogen-bond donors (Lipinski definition) is 0. The first-order valence-corrected chi connectivity index (χ1v) is 5.32. The van der Waals surface area contributed by atoms with Crippen LogP contribution in [0.5, 0.6) is 0 Å². The van der Waals surface area contributed by atoms with Crippen molar-refractivity contribution >= 4 is 5.78 Å². The molecule has 1 aliphatic rings. The minimum Gasteiger partial charge on any atom is -0.500 e. The monoisotopic (exact) mass is 218 g/mol. The largest absolute Gasteiger partial charge is 0.500 e. The Morgan fingerprint density at radius 2 is 2.12 bits per heavy atom. The Bertz CT molecular complexity index is 381. The molecule has 84 valence electrons. The molecule has 0 amide bonds. The lowest BCUT2D eigenvalue weighted by atomic mass is 10.1. The topological polar surface area (TPSA) is 35.5 Å². The Labute approximate surface area is 94.7 Å². The first-order valence-electron chi connectivity index (χ1n) is 5.32. The second-order valence-corrected chi connectivity index (χ2v) is 3.67. The quantitative estimate of drug-likeness (QED) is 0.759. The molecule has 2 rings (SSSR count). The highest BCUT2D eigenvalue weighted by atomic mass is 16.5. The van der Waals surface area contributed by atoms with Gasteiger partial charge in [0.2, 0.25) is 0 Å². The molecule has 0 atom stereocenters. The van der Waals surface area contributed by atoms with Crippen LogP contribution in [-0.4, -0.2) is 19.0 Å². The van der Waals surface area contributed by atoms with E-state index in [-0.39, 0.29) is 12.4 Å². The SMILES string of the molecule is O=C(COCc1ccccc1)C1=COCC1. The van der Waals surface area contributed by atoms with Gasteiger partial charge >= 0.3 is 0 Å². The van der Waals surface area contributed by atoms with Crippen LogP contribution in [0.4, 0.5) is 0 Å². The zero-order valence-corrected chi connectivity index (χ0v) is 9.02. The third kappa shape index (κ3) is 2.94. The summed E-state index contributed by atoms with van der Waals surface area (Å²) in [6, 6.07) is 9.81. The molecule has 0 unspecified atom stereocenters. The fourth-order valence-electron chi connectivity index (χ4n) is 1.52. The Morgan fingerprint density at radius 1 is 1.31 bits per heavy atom. The van der Waals surface area contributed by atoms with Crippen LogP contribution in [0.25, 0.3) is 0 Å². The van der Waals surface area contributed by atoms with Crippen molar-refractivity contribution < 1.29 is 14.3 Å². The Hall–Kier alpha value is -1.61. The smallest absolute Gasteiger partial charge is 0.187 e. The van der Waals surface area contributed by atoms with Gasteiger partial charge in [-0.05, 0) is 5.56 Å². The second-order valence-electron chi connectivity index (χ2n) is 3.67. The standard InChI is InChI=1S/C13H14O3/c14-13(12-6-7-15-9-12)10-16-8-11-4-2-1-3-5-11/h1-5,9H,6-8,10H2.